The van der Waals surface area contributed by atoms with Gasteiger partial charge in [-0.25, -0.2) is 0 Å². The Balaban J connectivity index is 1.67. The molecular formula is C15H23N3O2. The summed E-state index contributed by atoms with van der Waals surface area (Å²) in [5.74, 6) is 0.0222. The van der Waals surface area contributed by atoms with Crippen LogP contribution in [0.5, 0.6) is 0 Å². The van der Waals surface area contributed by atoms with Gasteiger partial charge in [-0.1, -0.05) is 0 Å². The third kappa shape index (κ3) is 4.83. The molecular weight excluding hydrogens is 254 g/mol. The molecule has 1 atom stereocenters. The summed E-state index contributed by atoms with van der Waals surface area (Å²) in [7, 11) is 2.03. The second kappa shape index (κ2) is 7.26. The molecule has 1 saturated heterocycles. The molecule has 110 valence electrons. The number of hydrogen-bond acceptors (Lipinski definition) is 4. The maximum Gasteiger partial charge on any atom is 0.225 e. The molecule has 0 aromatic heterocycles. The summed E-state index contributed by atoms with van der Waals surface area (Å²) in [6, 6.07) is 7.17. The average molecular weight is 277 g/mol. The molecule has 0 bridgehead atoms. The van der Waals surface area contributed by atoms with Gasteiger partial charge in [0.1, 0.15) is 0 Å². The van der Waals surface area contributed by atoms with E-state index < -0.39 is 0 Å². The van der Waals surface area contributed by atoms with Gasteiger partial charge in [0, 0.05) is 37.5 Å². The monoisotopic (exact) mass is 277 g/mol. The van der Waals surface area contributed by atoms with Gasteiger partial charge in [-0.15, -0.1) is 0 Å². The molecule has 3 N–H and O–H groups in total. The van der Waals surface area contributed by atoms with Crippen LogP contribution in [0.3, 0.4) is 0 Å². The molecule has 0 aliphatic carbocycles. The standard InChI is InChI=1S/C15H23N3O2/c1-18(11-14-3-2-10-20-14)9-8-15(19)17-13-6-4-12(16)5-7-13/h4-7,14H,2-3,8-11,16H2,1H3,(H,17,19). The Hall–Kier alpha value is -1.59. The smallest absolute Gasteiger partial charge is 0.225 e. The SMILES string of the molecule is CN(CCC(=O)Nc1ccc(N)cc1)CC1CCCO1. The lowest BCUT2D eigenvalue weighted by Crippen LogP contribution is -2.31. The second-order valence-corrected chi connectivity index (χ2v) is 5.32. The van der Waals surface area contributed by atoms with Gasteiger partial charge in [0.15, 0.2) is 0 Å². The highest BCUT2D eigenvalue weighted by Crippen LogP contribution is 2.13. The fraction of sp³-hybridized carbons (Fsp3) is 0.533. The van der Waals surface area contributed by atoms with Gasteiger partial charge in [0.05, 0.1) is 6.10 Å². The summed E-state index contributed by atoms with van der Waals surface area (Å²) in [6.07, 6.45) is 3.09. The lowest BCUT2D eigenvalue weighted by Gasteiger charge is -2.20. The van der Waals surface area contributed by atoms with Gasteiger partial charge in [-0.05, 0) is 44.2 Å². The van der Waals surface area contributed by atoms with E-state index in [4.69, 9.17) is 10.5 Å². The van der Waals surface area contributed by atoms with E-state index in [1.165, 1.54) is 0 Å². The Kier molecular flexibility index (Phi) is 5.38. The molecule has 1 aromatic carbocycles. The van der Waals surface area contributed by atoms with E-state index in [0.29, 0.717) is 18.2 Å². The normalized spacial score (nSPS) is 18.4. The third-order valence-corrected chi connectivity index (χ3v) is 3.45. The zero-order chi connectivity index (χ0) is 14.4. The van der Waals surface area contributed by atoms with Crippen LogP contribution in [0, 0.1) is 0 Å². The molecule has 5 nitrogen and oxygen atoms in total. The minimum atomic E-state index is 0.0222. The molecule has 2 rings (SSSR count). The molecule has 1 amide bonds. The van der Waals surface area contributed by atoms with Crippen LogP contribution in [-0.4, -0.2) is 43.7 Å². The van der Waals surface area contributed by atoms with Crippen LogP contribution in [0.15, 0.2) is 24.3 Å². The highest BCUT2D eigenvalue weighted by atomic mass is 16.5. The van der Waals surface area contributed by atoms with Gasteiger partial charge >= 0.3 is 0 Å². The molecule has 5 heteroatoms. The molecule has 0 radical (unpaired) electrons. The third-order valence-electron chi connectivity index (χ3n) is 3.45. The number of anilines is 2. The summed E-state index contributed by atoms with van der Waals surface area (Å²) in [6.45, 7) is 2.51. The van der Waals surface area contributed by atoms with Crippen molar-refractivity contribution in [2.75, 3.05) is 37.8 Å². The average Bonchev–Trinajstić information content (AvgIpc) is 2.92. The number of nitrogens with one attached hydrogen (secondary N) is 1. The summed E-state index contributed by atoms with van der Waals surface area (Å²) in [5.41, 5.74) is 7.08. The van der Waals surface area contributed by atoms with E-state index in [2.05, 4.69) is 10.2 Å². The van der Waals surface area contributed by atoms with E-state index in [1.807, 2.05) is 19.2 Å². The molecule has 20 heavy (non-hydrogen) atoms. The van der Waals surface area contributed by atoms with Crippen LogP contribution in [0.25, 0.3) is 0 Å². The van der Waals surface area contributed by atoms with Crippen LogP contribution in [-0.2, 0) is 9.53 Å². The molecule has 1 fully saturated rings. The summed E-state index contributed by atoms with van der Waals surface area (Å²) >= 11 is 0. The molecule has 1 heterocycles. The summed E-state index contributed by atoms with van der Waals surface area (Å²) in [4.78, 5) is 14.0. The quantitative estimate of drug-likeness (QED) is 0.777. The van der Waals surface area contributed by atoms with Crippen molar-refractivity contribution in [2.45, 2.75) is 25.4 Å². The van der Waals surface area contributed by atoms with Gasteiger partial charge in [0.2, 0.25) is 5.91 Å². The number of carbonyl (C=O) groups excluding carboxylic acids is 1. The Labute approximate surface area is 120 Å². The van der Waals surface area contributed by atoms with Gasteiger partial charge in [0.25, 0.3) is 0 Å². The maximum absolute atomic E-state index is 11.8. The van der Waals surface area contributed by atoms with Crippen LogP contribution in [0.2, 0.25) is 0 Å². The lowest BCUT2D eigenvalue weighted by atomic mass is 10.2. The number of nitrogens with zero attached hydrogens (tertiary/aromatic N) is 1. The molecule has 1 aliphatic rings. The Morgan fingerprint density at radius 1 is 1.45 bits per heavy atom. The van der Waals surface area contributed by atoms with Crippen LogP contribution in [0.4, 0.5) is 11.4 Å². The van der Waals surface area contributed by atoms with Crippen LogP contribution >= 0.6 is 0 Å². The van der Waals surface area contributed by atoms with Crippen molar-refractivity contribution in [1.29, 1.82) is 0 Å². The predicted octanol–water partition coefficient (Wildman–Crippen LogP) is 1.71. The number of benzene rings is 1. The van der Waals surface area contributed by atoms with Crippen molar-refractivity contribution in [2.24, 2.45) is 0 Å². The molecule has 1 aliphatic heterocycles. The van der Waals surface area contributed by atoms with E-state index in [-0.39, 0.29) is 5.91 Å². The van der Waals surface area contributed by atoms with E-state index in [1.54, 1.807) is 12.1 Å². The van der Waals surface area contributed by atoms with Crippen LogP contribution < -0.4 is 11.1 Å². The highest BCUT2D eigenvalue weighted by molar-refractivity contribution is 5.90. The fourth-order valence-corrected chi connectivity index (χ4v) is 2.31. The van der Waals surface area contributed by atoms with E-state index >= 15 is 0 Å². The van der Waals surface area contributed by atoms with Crippen molar-refractivity contribution >= 4 is 17.3 Å². The number of nitrogen functional groups attached to an aromatic ring is 1. The zero-order valence-corrected chi connectivity index (χ0v) is 12.0. The first kappa shape index (κ1) is 14.8. The van der Waals surface area contributed by atoms with Gasteiger partial charge in [-0.3, -0.25) is 4.79 Å². The number of nitrogens with two attached hydrogens (primary N) is 1. The molecule has 0 spiro atoms. The summed E-state index contributed by atoms with van der Waals surface area (Å²) < 4.78 is 5.58. The molecule has 0 saturated carbocycles. The van der Waals surface area contributed by atoms with E-state index in [0.717, 1.165) is 38.2 Å². The molecule has 1 unspecified atom stereocenters. The van der Waals surface area contributed by atoms with Crippen molar-refractivity contribution < 1.29 is 9.53 Å². The topological polar surface area (TPSA) is 67.6 Å². The number of rotatable bonds is 6. The zero-order valence-electron chi connectivity index (χ0n) is 12.0. The number of carbonyl (C=O) groups is 1. The summed E-state index contributed by atoms with van der Waals surface area (Å²) in [5, 5.41) is 2.87. The first-order valence-electron chi connectivity index (χ1n) is 7.09. The Morgan fingerprint density at radius 3 is 2.85 bits per heavy atom. The highest BCUT2D eigenvalue weighted by Gasteiger charge is 2.17. The van der Waals surface area contributed by atoms with Crippen molar-refractivity contribution in [3.05, 3.63) is 24.3 Å². The number of hydrogen-bond donors (Lipinski definition) is 2. The predicted molar refractivity (Wildman–Crippen MR) is 80.6 cm³/mol. The van der Waals surface area contributed by atoms with Crippen molar-refractivity contribution in [1.82, 2.24) is 4.90 Å². The minimum Gasteiger partial charge on any atom is -0.399 e. The first-order valence-corrected chi connectivity index (χ1v) is 7.09. The van der Waals surface area contributed by atoms with E-state index in [9.17, 15) is 4.79 Å². The van der Waals surface area contributed by atoms with Crippen molar-refractivity contribution in [3.8, 4) is 0 Å². The largest absolute Gasteiger partial charge is 0.399 e. The number of likely N-dealkylation sites (N-methyl/N-ethyl adjacent to an activating group) is 1. The number of amides is 1. The molecule has 1 aromatic rings. The first-order chi connectivity index (χ1) is 9.63. The Bertz CT molecular complexity index is 427. The minimum absolute atomic E-state index is 0.0222. The Morgan fingerprint density at radius 2 is 2.20 bits per heavy atom. The maximum atomic E-state index is 11.8. The fourth-order valence-electron chi connectivity index (χ4n) is 2.31. The van der Waals surface area contributed by atoms with Gasteiger partial charge in [-0.2, -0.15) is 0 Å². The number of ether oxygens (including phenoxy) is 1. The van der Waals surface area contributed by atoms with Crippen molar-refractivity contribution in [3.63, 3.8) is 0 Å². The van der Waals surface area contributed by atoms with Crippen LogP contribution in [0.1, 0.15) is 19.3 Å². The second-order valence-electron chi connectivity index (χ2n) is 5.32. The van der Waals surface area contributed by atoms with Gasteiger partial charge < -0.3 is 20.7 Å². The lowest BCUT2D eigenvalue weighted by molar-refractivity contribution is -0.116.